The molecule has 2 aromatic carbocycles. The largest absolute Gasteiger partial charge is 0.508 e. The van der Waals surface area contributed by atoms with Gasteiger partial charge in [-0.2, -0.15) is 23.2 Å². The van der Waals surface area contributed by atoms with Gasteiger partial charge in [0.15, 0.2) is 5.82 Å². The van der Waals surface area contributed by atoms with Crippen molar-refractivity contribution in [3.8, 4) is 5.75 Å². The van der Waals surface area contributed by atoms with Gasteiger partial charge < -0.3 is 5.11 Å². The molecule has 2 saturated heterocycles. The minimum Gasteiger partial charge on any atom is -0.508 e. The van der Waals surface area contributed by atoms with E-state index in [1.165, 1.54) is 18.2 Å². The van der Waals surface area contributed by atoms with E-state index in [1.807, 2.05) is 0 Å². The van der Waals surface area contributed by atoms with Crippen LogP contribution in [0.5, 0.6) is 5.75 Å². The molecule has 3 heterocycles. The summed E-state index contributed by atoms with van der Waals surface area (Å²) in [6.45, 7) is 0. The molecule has 2 aliphatic heterocycles. The Balaban J connectivity index is 1.44. The van der Waals surface area contributed by atoms with Crippen LogP contribution in [-0.2, 0) is 30.8 Å². The highest BCUT2D eigenvalue weighted by atomic mass is 35.5. The Morgan fingerprint density at radius 1 is 0.957 bits per heavy atom. The number of carbonyl (C=O) groups is 4. The van der Waals surface area contributed by atoms with E-state index >= 15 is 0 Å². The predicted octanol–water partition coefficient (Wildman–Crippen LogP) is 5.49. The minimum absolute atomic E-state index is 0.0543. The normalized spacial score (nSPS) is 28.6. The number of fused-ring (bicyclic) bond motifs is 4. The summed E-state index contributed by atoms with van der Waals surface area (Å²) in [5.74, 6) is -8.89. The number of phenols is 1. The molecule has 0 radical (unpaired) electrons. The van der Waals surface area contributed by atoms with Gasteiger partial charge in [0.2, 0.25) is 0 Å². The number of hydroxylamine groups is 2. The van der Waals surface area contributed by atoms with Gasteiger partial charge in [-0.1, -0.05) is 65.2 Å². The van der Waals surface area contributed by atoms with Crippen LogP contribution in [-0.4, -0.2) is 49.0 Å². The first-order valence-corrected chi connectivity index (χ1v) is 15.2. The summed E-state index contributed by atoms with van der Waals surface area (Å²) < 4.78 is 39.9. The van der Waals surface area contributed by atoms with Gasteiger partial charge >= 0.3 is 6.18 Å². The maximum atomic E-state index is 14.9. The van der Waals surface area contributed by atoms with E-state index in [0.29, 0.717) is 33.4 Å². The third-order valence-electron chi connectivity index (χ3n) is 9.78. The number of pyridine rings is 1. The molecule has 3 fully saturated rings. The molecule has 0 unspecified atom stereocenters. The molecule has 242 valence electrons. The number of hydrogen-bond donors (Lipinski definition) is 3. The van der Waals surface area contributed by atoms with Crippen molar-refractivity contribution in [1.82, 2.24) is 15.1 Å². The van der Waals surface area contributed by atoms with Crippen molar-refractivity contribution in [3.63, 3.8) is 0 Å². The quantitative estimate of drug-likeness (QED) is 0.186. The highest BCUT2D eigenvalue weighted by Crippen LogP contribution is 2.64. The number of aromatic nitrogens is 1. The van der Waals surface area contributed by atoms with E-state index in [-0.39, 0.29) is 29.2 Å². The third-order valence-corrected chi connectivity index (χ3v) is 10.3. The summed E-state index contributed by atoms with van der Waals surface area (Å²) in [4.78, 5) is 59.2. The number of allylic oxidation sites excluding steroid dienone is 2. The standard InChI is InChI=1S/C32H23Cl2F3N4O6/c33-16-7-5-14(6-8-16)31-21(28(44)40(30(31)46)39-26-22(34)11-15(13-38-26)32(35,36)37)12-20-17(25(31)18-3-1-2-4-23(18)42)9-10-19-24(20)29(45)41(47)27(19)43/h1-9,11,13,19-21,24-25,42,47H,10,12H2,(H,38,39)/t19-,20+,21-,24-,25+,31+/m0/s1. The average Bonchev–Trinajstić information content (AvgIpc) is 3.38. The Morgan fingerprint density at radius 2 is 1.66 bits per heavy atom. The van der Waals surface area contributed by atoms with E-state index in [2.05, 4.69) is 10.4 Å². The van der Waals surface area contributed by atoms with Gasteiger partial charge in [0.1, 0.15) is 5.75 Å². The van der Waals surface area contributed by atoms with Crippen LogP contribution in [0.2, 0.25) is 10.0 Å². The van der Waals surface area contributed by atoms with Gasteiger partial charge in [0.25, 0.3) is 23.6 Å². The number of halogens is 5. The maximum Gasteiger partial charge on any atom is 0.417 e. The molecule has 4 aliphatic rings. The van der Waals surface area contributed by atoms with Gasteiger partial charge in [0, 0.05) is 22.7 Å². The summed E-state index contributed by atoms with van der Waals surface area (Å²) >= 11 is 12.4. The van der Waals surface area contributed by atoms with E-state index in [9.17, 15) is 42.7 Å². The first-order chi connectivity index (χ1) is 22.3. The van der Waals surface area contributed by atoms with Crippen molar-refractivity contribution in [2.45, 2.75) is 30.4 Å². The number of aromatic hydroxyl groups is 1. The second-order valence-electron chi connectivity index (χ2n) is 12.0. The van der Waals surface area contributed by atoms with Crippen molar-refractivity contribution < 1.29 is 42.7 Å². The molecule has 10 nitrogen and oxygen atoms in total. The summed E-state index contributed by atoms with van der Waals surface area (Å²) in [6, 6.07) is 13.0. The van der Waals surface area contributed by atoms with Gasteiger partial charge in [-0.25, -0.2) is 4.98 Å². The second-order valence-corrected chi connectivity index (χ2v) is 12.8. The molecule has 15 heteroatoms. The highest BCUT2D eigenvalue weighted by Gasteiger charge is 2.70. The number of benzene rings is 2. The Hall–Kier alpha value is -4.46. The topological polar surface area (TPSA) is 140 Å². The van der Waals surface area contributed by atoms with Crippen molar-refractivity contribution in [1.29, 1.82) is 0 Å². The number of imide groups is 2. The molecule has 47 heavy (non-hydrogen) atoms. The number of phenolic OH excluding ortho intramolecular Hbond substituents is 1. The fourth-order valence-corrected chi connectivity index (χ4v) is 8.18. The zero-order valence-corrected chi connectivity index (χ0v) is 25.4. The van der Waals surface area contributed by atoms with E-state index in [4.69, 9.17) is 23.2 Å². The van der Waals surface area contributed by atoms with Crippen molar-refractivity contribution in [3.05, 3.63) is 99.2 Å². The summed E-state index contributed by atoms with van der Waals surface area (Å²) in [5, 5.41) is 22.1. The zero-order chi connectivity index (χ0) is 33.6. The number of anilines is 1. The van der Waals surface area contributed by atoms with Crippen LogP contribution in [0.4, 0.5) is 19.0 Å². The molecule has 6 atom stereocenters. The molecule has 0 spiro atoms. The number of alkyl halides is 3. The average molecular weight is 687 g/mol. The molecule has 4 amide bonds. The zero-order valence-electron chi connectivity index (χ0n) is 23.9. The van der Waals surface area contributed by atoms with Crippen molar-refractivity contribution in [2.75, 3.05) is 5.43 Å². The summed E-state index contributed by atoms with van der Waals surface area (Å²) in [7, 11) is 0. The number of para-hydroxylation sites is 1. The highest BCUT2D eigenvalue weighted by molar-refractivity contribution is 6.33. The Bertz CT molecular complexity index is 1900. The number of rotatable bonds is 4. The molecular formula is C32H23Cl2F3N4O6. The van der Waals surface area contributed by atoms with Gasteiger partial charge in [-0.3, -0.25) is 29.8 Å². The molecule has 1 saturated carbocycles. The number of nitrogens with one attached hydrogen (secondary N) is 1. The van der Waals surface area contributed by atoms with Crippen LogP contribution in [0, 0.1) is 23.7 Å². The number of hydrazine groups is 1. The molecule has 1 aromatic heterocycles. The molecular weight excluding hydrogens is 664 g/mol. The molecule has 3 N–H and O–H groups in total. The Morgan fingerprint density at radius 3 is 2.32 bits per heavy atom. The molecule has 7 rings (SSSR count). The lowest BCUT2D eigenvalue weighted by Gasteiger charge is -2.50. The van der Waals surface area contributed by atoms with Crippen molar-refractivity contribution in [2.24, 2.45) is 23.7 Å². The lowest BCUT2D eigenvalue weighted by molar-refractivity contribution is -0.173. The van der Waals surface area contributed by atoms with Gasteiger partial charge in [-0.05, 0) is 48.6 Å². The summed E-state index contributed by atoms with van der Waals surface area (Å²) in [5.41, 5.74) is 0.722. The fraction of sp³-hybridized carbons (Fsp3) is 0.281. The van der Waals surface area contributed by atoms with Gasteiger partial charge in [0.05, 0.1) is 33.8 Å². The Labute approximate surface area is 274 Å². The van der Waals surface area contributed by atoms with E-state index in [1.54, 1.807) is 36.4 Å². The smallest absolute Gasteiger partial charge is 0.417 e. The predicted molar refractivity (Wildman–Crippen MR) is 159 cm³/mol. The number of amides is 4. The molecule has 3 aromatic rings. The van der Waals surface area contributed by atoms with E-state index in [0.717, 1.165) is 0 Å². The lowest BCUT2D eigenvalue weighted by atomic mass is 9.49. The Kier molecular flexibility index (Phi) is 7.15. The maximum absolute atomic E-state index is 14.9. The van der Waals surface area contributed by atoms with Crippen molar-refractivity contribution >= 4 is 52.6 Å². The molecule has 0 bridgehead atoms. The monoisotopic (exact) mass is 686 g/mol. The van der Waals surface area contributed by atoms with E-state index < -0.39 is 81.2 Å². The molecule has 2 aliphatic carbocycles. The first kappa shape index (κ1) is 31.2. The fourth-order valence-electron chi connectivity index (χ4n) is 7.84. The lowest BCUT2D eigenvalue weighted by Crippen LogP contribution is -2.53. The number of nitrogens with zero attached hydrogens (tertiary/aromatic N) is 3. The SMILES string of the molecule is O=C1[C@H]2[C@H](CC=C3[C@H]2C[C@H]2C(=O)N(Nc4ncc(C(F)(F)F)cc4Cl)C(=O)[C@@]2(c2ccc(Cl)cc2)[C@H]3c2ccccc2O)C(=O)N1O. The van der Waals surface area contributed by atoms with Crippen LogP contribution in [0.1, 0.15) is 35.4 Å². The van der Waals surface area contributed by atoms with Gasteiger partial charge in [-0.15, -0.1) is 0 Å². The van der Waals surface area contributed by atoms with Crippen LogP contribution >= 0.6 is 23.2 Å². The van der Waals surface area contributed by atoms with Crippen LogP contribution in [0.25, 0.3) is 0 Å². The number of carbonyl (C=O) groups excluding carboxylic acids is 4. The first-order valence-electron chi connectivity index (χ1n) is 14.4. The van der Waals surface area contributed by atoms with Crippen LogP contribution < -0.4 is 5.43 Å². The second kappa shape index (κ2) is 10.8. The third kappa shape index (κ3) is 4.47. The summed E-state index contributed by atoms with van der Waals surface area (Å²) in [6.07, 6.45) is -2.58. The van der Waals surface area contributed by atoms with Crippen LogP contribution in [0.15, 0.2) is 72.4 Å². The number of hydrogen-bond acceptors (Lipinski definition) is 8. The minimum atomic E-state index is -4.75. The van der Waals surface area contributed by atoms with Crippen LogP contribution in [0.3, 0.4) is 0 Å².